The van der Waals surface area contributed by atoms with Crippen LogP contribution < -0.4 is 10.6 Å². The summed E-state index contributed by atoms with van der Waals surface area (Å²) in [6.07, 6.45) is 0. The average molecular weight is 315 g/mol. The van der Waals surface area contributed by atoms with Gasteiger partial charge in [-0.2, -0.15) is 0 Å². The molecule has 0 spiro atoms. The minimum atomic E-state index is -0.0713. The summed E-state index contributed by atoms with van der Waals surface area (Å²) in [5.41, 5.74) is 0.914. The first kappa shape index (κ1) is 15.1. The second-order valence-corrected chi connectivity index (χ2v) is 5.33. The van der Waals surface area contributed by atoms with Gasteiger partial charge in [-0.25, -0.2) is 0 Å². The van der Waals surface area contributed by atoms with Crippen LogP contribution in [0.2, 0.25) is 10.0 Å². The lowest BCUT2D eigenvalue weighted by Gasteiger charge is -2.14. The van der Waals surface area contributed by atoms with Crippen LogP contribution in [0.5, 0.6) is 0 Å². The van der Waals surface area contributed by atoms with E-state index in [1.54, 1.807) is 12.1 Å². The Hall–Kier alpha value is -1.30. The molecule has 108 valence electrons. The van der Waals surface area contributed by atoms with Crippen LogP contribution in [0, 0.1) is 0 Å². The molecule has 1 heterocycles. The van der Waals surface area contributed by atoms with Gasteiger partial charge in [-0.3, -0.25) is 0 Å². The number of nitrogens with one attached hydrogen (secondary N) is 2. The molecule has 0 aliphatic rings. The number of halogens is 2. The number of anilines is 1. The lowest BCUT2D eigenvalue weighted by atomic mass is 10.1. The molecule has 2 unspecified atom stereocenters. The average Bonchev–Trinajstić information content (AvgIpc) is 2.86. The lowest BCUT2D eigenvalue weighted by molar-refractivity contribution is 0.439. The first-order valence-electron chi connectivity index (χ1n) is 6.23. The Bertz CT molecular complexity index is 588. The van der Waals surface area contributed by atoms with Crippen LogP contribution in [0.4, 0.5) is 6.01 Å². The van der Waals surface area contributed by atoms with Crippen molar-refractivity contribution in [3.63, 3.8) is 0 Å². The highest BCUT2D eigenvalue weighted by molar-refractivity contribution is 6.35. The van der Waals surface area contributed by atoms with Crippen LogP contribution >= 0.6 is 23.2 Å². The van der Waals surface area contributed by atoms with E-state index in [0.717, 1.165) is 5.56 Å². The standard InChI is InChI=1S/C13H16Cl2N4O/c1-7(10-5-4-9(14)6-11(10)15)17-13-19-18-12(20-13)8(2)16-3/h4-8,16H,1-3H3,(H,17,19). The SMILES string of the molecule is CNC(C)c1nnc(NC(C)c2ccc(Cl)cc2Cl)o1. The van der Waals surface area contributed by atoms with E-state index in [1.807, 2.05) is 27.0 Å². The lowest BCUT2D eigenvalue weighted by Crippen LogP contribution is -2.12. The number of benzene rings is 1. The number of rotatable bonds is 5. The third-order valence-electron chi connectivity index (χ3n) is 3.01. The molecule has 5 nitrogen and oxygen atoms in total. The van der Waals surface area contributed by atoms with Crippen molar-refractivity contribution >= 4 is 29.2 Å². The number of hydrogen-bond donors (Lipinski definition) is 2. The Balaban J connectivity index is 2.11. The summed E-state index contributed by atoms with van der Waals surface area (Å²) >= 11 is 12.1. The summed E-state index contributed by atoms with van der Waals surface area (Å²) in [5.74, 6) is 0.532. The highest BCUT2D eigenvalue weighted by Crippen LogP contribution is 2.28. The van der Waals surface area contributed by atoms with Gasteiger partial charge in [0.05, 0.1) is 12.1 Å². The second kappa shape index (κ2) is 6.43. The normalized spacial score (nSPS) is 14.1. The van der Waals surface area contributed by atoms with E-state index in [9.17, 15) is 0 Å². The zero-order valence-corrected chi connectivity index (χ0v) is 13.0. The minimum absolute atomic E-state index is 0.00692. The van der Waals surface area contributed by atoms with E-state index in [2.05, 4.69) is 20.8 Å². The van der Waals surface area contributed by atoms with Crippen LogP contribution in [0.15, 0.2) is 22.6 Å². The van der Waals surface area contributed by atoms with E-state index < -0.39 is 0 Å². The van der Waals surface area contributed by atoms with Crippen LogP contribution in [0.1, 0.15) is 37.4 Å². The van der Waals surface area contributed by atoms with E-state index in [0.29, 0.717) is 22.0 Å². The van der Waals surface area contributed by atoms with Crippen LogP contribution in [0.25, 0.3) is 0 Å². The van der Waals surface area contributed by atoms with Crippen LogP contribution in [0.3, 0.4) is 0 Å². The zero-order chi connectivity index (χ0) is 14.7. The van der Waals surface area contributed by atoms with Crippen LogP contribution in [-0.2, 0) is 0 Å². The summed E-state index contributed by atoms with van der Waals surface area (Å²) in [4.78, 5) is 0. The Morgan fingerprint density at radius 1 is 1.15 bits per heavy atom. The van der Waals surface area contributed by atoms with Gasteiger partial charge in [-0.05, 0) is 38.6 Å². The monoisotopic (exact) mass is 314 g/mol. The fourth-order valence-electron chi connectivity index (χ4n) is 1.71. The van der Waals surface area contributed by atoms with Crippen molar-refractivity contribution in [2.24, 2.45) is 0 Å². The van der Waals surface area contributed by atoms with Gasteiger partial charge in [-0.1, -0.05) is 34.4 Å². The first-order valence-corrected chi connectivity index (χ1v) is 6.99. The third-order valence-corrected chi connectivity index (χ3v) is 3.58. The first-order chi connectivity index (χ1) is 9.51. The molecule has 2 N–H and O–H groups in total. The molecule has 0 amide bonds. The summed E-state index contributed by atoms with van der Waals surface area (Å²) in [5, 5.41) is 15.3. The van der Waals surface area contributed by atoms with Gasteiger partial charge >= 0.3 is 6.01 Å². The Morgan fingerprint density at radius 3 is 2.55 bits per heavy atom. The highest BCUT2D eigenvalue weighted by Gasteiger charge is 2.15. The van der Waals surface area contributed by atoms with Crippen LogP contribution in [-0.4, -0.2) is 17.2 Å². The van der Waals surface area contributed by atoms with Gasteiger partial charge < -0.3 is 15.1 Å². The Labute approximate surface area is 127 Å². The van der Waals surface area contributed by atoms with E-state index in [-0.39, 0.29) is 12.1 Å². The quantitative estimate of drug-likeness (QED) is 0.878. The maximum absolute atomic E-state index is 6.17. The largest absolute Gasteiger partial charge is 0.406 e. The highest BCUT2D eigenvalue weighted by atomic mass is 35.5. The molecule has 1 aromatic carbocycles. The fourth-order valence-corrected chi connectivity index (χ4v) is 2.28. The fraction of sp³-hybridized carbons (Fsp3) is 0.385. The van der Waals surface area contributed by atoms with Gasteiger partial charge in [0.1, 0.15) is 0 Å². The Kier molecular flexibility index (Phi) is 4.86. The minimum Gasteiger partial charge on any atom is -0.406 e. The zero-order valence-electron chi connectivity index (χ0n) is 11.4. The van der Waals surface area contributed by atoms with Crippen molar-refractivity contribution in [2.45, 2.75) is 25.9 Å². The molecule has 0 saturated heterocycles. The summed E-state index contributed by atoms with van der Waals surface area (Å²) in [7, 11) is 1.83. The molecule has 2 atom stereocenters. The third kappa shape index (κ3) is 3.42. The molecular weight excluding hydrogens is 299 g/mol. The molecule has 1 aromatic heterocycles. The number of hydrogen-bond acceptors (Lipinski definition) is 5. The van der Waals surface area contributed by atoms with E-state index in [1.165, 1.54) is 0 Å². The molecule has 0 saturated carbocycles. The van der Waals surface area contributed by atoms with Crippen molar-refractivity contribution < 1.29 is 4.42 Å². The van der Waals surface area contributed by atoms with Crippen molar-refractivity contribution in [3.8, 4) is 0 Å². The maximum Gasteiger partial charge on any atom is 0.316 e. The van der Waals surface area contributed by atoms with E-state index >= 15 is 0 Å². The topological polar surface area (TPSA) is 63.0 Å². The molecule has 2 aromatic rings. The Morgan fingerprint density at radius 2 is 1.90 bits per heavy atom. The maximum atomic E-state index is 6.17. The predicted molar refractivity (Wildman–Crippen MR) is 80.3 cm³/mol. The molecule has 7 heteroatoms. The summed E-state index contributed by atoms with van der Waals surface area (Å²) in [6, 6.07) is 5.67. The molecule has 20 heavy (non-hydrogen) atoms. The number of aromatic nitrogens is 2. The molecule has 0 fully saturated rings. The molecule has 0 aliphatic heterocycles. The van der Waals surface area contributed by atoms with Gasteiger partial charge in [0.15, 0.2) is 0 Å². The smallest absolute Gasteiger partial charge is 0.316 e. The summed E-state index contributed by atoms with van der Waals surface area (Å²) < 4.78 is 5.53. The second-order valence-electron chi connectivity index (χ2n) is 4.49. The molecule has 0 bridgehead atoms. The van der Waals surface area contributed by atoms with Crippen molar-refractivity contribution in [3.05, 3.63) is 39.7 Å². The van der Waals surface area contributed by atoms with Gasteiger partial charge in [-0.15, -0.1) is 5.10 Å². The predicted octanol–water partition coefficient (Wildman–Crippen LogP) is 3.83. The molecule has 2 rings (SSSR count). The molecule has 0 radical (unpaired) electrons. The van der Waals surface area contributed by atoms with Gasteiger partial charge in [0.25, 0.3) is 0 Å². The van der Waals surface area contributed by atoms with Crippen molar-refractivity contribution in [1.29, 1.82) is 0 Å². The number of nitrogens with zero attached hydrogens (tertiary/aromatic N) is 2. The molecule has 0 aliphatic carbocycles. The van der Waals surface area contributed by atoms with Gasteiger partial charge in [0.2, 0.25) is 5.89 Å². The van der Waals surface area contributed by atoms with Crippen molar-refractivity contribution in [2.75, 3.05) is 12.4 Å². The van der Waals surface area contributed by atoms with Gasteiger partial charge in [0, 0.05) is 10.0 Å². The summed E-state index contributed by atoms with van der Waals surface area (Å²) in [6.45, 7) is 3.90. The van der Waals surface area contributed by atoms with E-state index in [4.69, 9.17) is 27.6 Å². The molecular formula is C13H16Cl2N4O. The van der Waals surface area contributed by atoms with Crippen molar-refractivity contribution in [1.82, 2.24) is 15.5 Å².